The van der Waals surface area contributed by atoms with Gasteiger partial charge in [0.15, 0.2) is 5.96 Å². The smallest absolute Gasteiger partial charge is 0.191 e. The van der Waals surface area contributed by atoms with E-state index in [2.05, 4.69) is 53.5 Å². The first-order chi connectivity index (χ1) is 14.9. The van der Waals surface area contributed by atoms with Gasteiger partial charge in [0.2, 0.25) is 0 Å². The van der Waals surface area contributed by atoms with Crippen LogP contribution in [0.2, 0.25) is 0 Å². The normalized spacial score (nSPS) is 16.5. The number of nitrogens with one attached hydrogen (secondary N) is 2. The molecule has 2 aromatic rings. The van der Waals surface area contributed by atoms with Gasteiger partial charge in [0, 0.05) is 68.8 Å². The van der Waals surface area contributed by atoms with Crippen LogP contribution in [0, 0.1) is 13.8 Å². The van der Waals surface area contributed by atoms with Crippen molar-refractivity contribution in [2.45, 2.75) is 39.7 Å². The Morgan fingerprint density at radius 2 is 1.90 bits per heavy atom. The first-order valence-corrected chi connectivity index (χ1v) is 11.0. The summed E-state index contributed by atoms with van der Waals surface area (Å²) in [5, 5.41) is 11.5. The van der Waals surface area contributed by atoms with E-state index in [1.54, 1.807) is 14.2 Å². The molecule has 170 valence electrons. The lowest BCUT2D eigenvalue weighted by atomic mass is 10.1. The summed E-state index contributed by atoms with van der Waals surface area (Å²) in [6.07, 6.45) is 1.94. The van der Waals surface area contributed by atoms with Crippen LogP contribution in [0.4, 0.5) is 5.69 Å². The molecule has 1 atom stereocenters. The molecular weight excluding hydrogens is 392 g/mol. The third-order valence-corrected chi connectivity index (χ3v) is 5.87. The van der Waals surface area contributed by atoms with E-state index in [4.69, 9.17) is 14.5 Å². The number of hydrogen-bond donors (Lipinski definition) is 2. The molecule has 0 bridgehead atoms. The standard InChI is InChI=1S/C23H36N6O2/c1-7-24-23(25-10-8-22-16(2)27-28(4)17(22)3)26-18-9-11-29(15-18)19-12-20(30-5)14-21(13-19)31-6/h12-14,18H,7-11,15H2,1-6H3,(H2,24,25,26). The molecule has 0 radical (unpaired) electrons. The number of aromatic nitrogens is 2. The fourth-order valence-corrected chi connectivity index (χ4v) is 4.06. The molecule has 1 unspecified atom stereocenters. The van der Waals surface area contributed by atoms with Gasteiger partial charge in [0.05, 0.1) is 19.9 Å². The fourth-order valence-electron chi connectivity index (χ4n) is 4.06. The topological polar surface area (TPSA) is 75.9 Å². The van der Waals surface area contributed by atoms with Gasteiger partial charge in [-0.25, -0.2) is 0 Å². The molecule has 1 aromatic carbocycles. The summed E-state index contributed by atoms with van der Waals surface area (Å²) in [5.41, 5.74) is 4.71. The second-order valence-corrected chi connectivity index (χ2v) is 7.93. The van der Waals surface area contributed by atoms with Crippen molar-refractivity contribution in [2.24, 2.45) is 12.0 Å². The maximum atomic E-state index is 5.42. The molecule has 3 rings (SSSR count). The van der Waals surface area contributed by atoms with E-state index in [9.17, 15) is 0 Å². The first kappa shape index (κ1) is 22.8. The Morgan fingerprint density at radius 1 is 1.19 bits per heavy atom. The van der Waals surface area contributed by atoms with Crippen molar-refractivity contribution in [2.75, 3.05) is 45.3 Å². The van der Waals surface area contributed by atoms with Gasteiger partial charge in [0.25, 0.3) is 0 Å². The van der Waals surface area contributed by atoms with Crippen molar-refractivity contribution >= 4 is 11.6 Å². The van der Waals surface area contributed by atoms with Crippen molar-refractivity contribution in [3.8, 4) is 11.5 Å². The van der Waals surface area contributed by atoms with Crippen LogP contribution in [0.25, 0.3) is 0 Å². The Bertz CT molecular complexity index is 885. The lowest BCUT2D eigenvalue weighted by Crippen LogP contribution is -2.44. The summed E-state index contributed by atoms with van der Waals surface area (Å²) in [7, 11) is 5.35. The van der Waals surface area contributed by atoms with Gasteiger partial charge >= 0.3 is 0 Å². The number of methoxy groups -OCH3 is 2. The molecule has 8 nitrogen and oxygen atoms in total. The molecule has 0 spiro atoms. The number of benzene rings is 1. The summed E-state index contributed by atoms with van der Waals surface area (Å²) < 4.78 is 12.8. The highest BCUT2D eigenvalue weighted by Crippen LogP contribution is 2.30. The molecule has 1 saturated heterocycles. The Labute approximate surface area is 185 Å². The number of aryl methyl sites for hydroxylation is 2. The summed E-state index contributed by atoms with van der Waals surface area (Å²) in [6, 6.07) is 6.35. The number of anilines is 1. The third kappa shape index (κ3) is 5.62. The Morgan fingerprint density at radius 3 is 2.48 bits per heavy atom. The van der Waals surface area contributed by atoms with Crippen molar-refractivity contribution in [3.63, 3.8) is 0 Å². The number of guanidine groups is 1. The van der Waals surface area contributed by atoms with Crippen molar-refractivity contribution in [3.05, 3.63) is 35.2 Å². The Kier molecular flexibility index (Phi) is 7.65. The molecular formula is C23H36N6O2. The van der Waals surface area contributed by atoms with E-state index in [-0.39, 0.29) is 0 Å². The van der Waals surface area contributed by atoms with E-state index in [1.165, 1.54) is 11.3 Å². The SMILES string of the molecule is CCNC(=NCCc1c(C)nn(C)c1C)NC1CCN(c2cc(OC)cc(OC)c2)C1. The fraction of sp³-hybridized carbons (Fsp3) is 0.565. The van der Waals surface area contributed by atoms with Crippen LogP contribution in [0.1, 0.15) is 30.3 Å². The minimum Gasteiger partial charge on any atom is -0.497 e. The lowest BCUT2D eigenvalue weighted by molar-refractivity contribution is 0.394. The van der Waals surface area contributed by atoms with Gasteiger partial charge in [-0.3, -0.25) is 9.67 Å². The molecule has 0 amide bonds. The first-order valence-electron chi connectivity index (χ1n) is 11.0. The lowest BCUT2D eigenvalue weighted by Gasteiger charge is -2.21. The third-order valence-electron chi connectivity index (χ3n) is 5.87. The summed E-state index contributed by atoms with van der Waals surface area (Å²) in [5.74, 6) is 2.49. The monoisotopic (exact) mass is 428 g/mol. The molecule has 0 saturated carbocycles. The van der Waals surface area contributed by atoms with Crippen molar-refractivity contribution in [1.29, 1.82) is 0 Å². The second kappa shape index (κ2) is 10.4. The predicted octanol–water partition coefficient (Wildman–Crippen LogP) is 2.43. The van der Waals surface area contributed by atoms with E-state index in [0.29, 0.717) is 6.04 Å². The minimum absolute atomic E-state index is 0.330. The second-order valence-electron chi connectivity index (χ2n) is 7.93. The van der Waals surface area contributed by atoms with Gasteiger partial charge in [-0.1, -0.05) is 0 Å². The Balaban J connectivity index is 1.61. The van der Waals surface area contributed by atoms with Gasteiger partial charge in [-0.15, -0.1) is 0 Å². The van der Waals surface area contributed by atoms with Gasteiger partial charge < -0.3 is 25.0 Å². The zero-order chi connectivity index (χ0) is 22.4. The summed E-state index contributed by atoms with van der Waals surface area (Å²) >= 11 is 0. The molecule has 2 N–H and O–H groups in total. The molecule has 31 heavy (non-hydrogen) atoms. The zero-order valence-corrected chi connectivity index (χ0v) is 19.7. The molecule has 0 aliphatic carbocycles. The van der Waals surface area contributed by atoms with Crippen LogP contribution >= 0.6 is 0 Å². The average Bonchev–Trinajstić information content (AvgIpc) is 3.33. The van der Waals surface area contributed by atoms with E-state index < -0.39 is 0 Å². The average molecular weight is 429 g/mol. The maximum Gasteiger partial charge on any atom is 0.191 e. The quantitative estimate of drug-likeness (QED) is 0.497. The van der Waals surface area contributed by atoms with Crippen LogP contribution < -0.4 is 25.0 Å². The highest BCUT2D eigenvalue weighted by Gasteiger charge is 2.24. The van der Waals surface area contributed by atoms with Crippen LogP contribution in [-0.4, -0.2) is 62.2 Å². The summed E-state index contributed by atoms with van der Waals surface area (Å²) in [6.45, 7) is 9.71. The summed E-state index contributed by atoms with van der Waals surface area (Å²) in [4.78, 5) is 7.17. The van der Waals surface area contributed by atoms with Crippen LogP contribution in [0.3, 0.4) is 0 Å². The molecule has 1 aliphatic rings. The van der Waals surface area contributed by atoms with Gasteiger partial charge in [-0.2, -0.15) is 5.10 Å². The largest absolute Gasteiger partial charge is 0.497 e. The van der Waals surface area contributed by atoms with E-state index in [0.717, 1.165) is 67.9 Å². The molecule has 2 heterocycles. The van der Waals surface area contributed by atoms with Crippen LogP contribution in [0.5, 0.6) is 11.5 Å². The maximum absolute atomic E-state index is 5.42. The molecule has 1 aliphatic heterocycles. The number of rotatable bonds is 8. The number of aliphatic imine (C=N–C) groups is 1. The number of hydrogen-bond acceptors (Lipinski definition) is 5. The molecule has 8 heteroatoms. The van der Waals surface area contributed by atoms with Crippen molar-refractivity contribution in [1.82, 2.24) is 20.4 Å². The minimum atomic E-state index is 0.330. The number of nitrogens with zero attached hydrogens (tertiary/aromatic N) is 4. The van der Waals surface area contributed by atoms with Crippen molar-refractivity contribution < 1.29 is 9.47 Å². The van der Waals surface area contributed by atoms with Gasteiger partial charge in [-0.05, 0) is 39.2 Å². The van der Waals surface area contributed by atoms with Gasteiger partial charge in [0.1, 0.15) is 11.5 Å². The highest BCUT2D eigenvalue weighted by molar-refractivity contribution is 5.80. The highest BCUT2D eigenvalue weighted by atomic mass is 16.5. The zero-order valence-electron chi connectivity index (χ0n) is 19.7. The molecule has 1 aromatic heterocycles. The predicted molar refractivity (Wildman–Crippen MR) is 126 cm³/mol. The van der Waals surface area contributed by atoms with Crippen LogP contribution in [0.15, 0.2) is 23.2 Å². The Hall–Kier alpha value is -2.90. The molecule has 1 fully saturated rings. The van der Waals surface area contributed by atoms with E-state index >= 15 is 0 Å². The van der Waals surface area contributed by atoms with E-state index in [1.807, 2.05) is 17.8 Å². The number of ether oxygens (including phenoxy) is 2. The van der Waals surface area contributed by atoms with Crippen LogP contribution in [-0.2, 0) is 13.5 Å².